The van der Waals surface area contributed by atoms with E-state index in [0.717, 1.165) is 33.1 Å². The van der Waals surface area contributed by atoms with Crippen LogP contribution in [0.25, 0.3) is 22.2 Å². The van der Waals surface area contributed by atoms with Gasteiger partial charge in [0.25, 0.3) is 0 Å². The summed E-state index contributed by atoms with van der Waals surface area (Å²) in [7, 11) is 0. The summed E-state index contributed by atoms with van der Waals surface area (Å²) in [5, 5.41) is 1.03. The Balaban J connectivity index is 2.06. The van der Waals surface area contributed by atoms with Crippen molar-refractivity contribution < 1.29 is 0 Å². The molecule has 2 aromatic carbocycles. The molecule has 3 rings (SSSR count). The molecule has 0 aliphatic rings. The van der Waals surface area contributed by atoms with Gasteiger partial charge < -0.3 is 0 Å². The zero-order valence-corrected chi connectivity index (χ0v) is 12.2. The van der Waals surface area contributed by atoms with Gasteiger partial charge in [0.05, 0.1) is 11.2 Å². The molecule has 19 heavy (non-hydrogen) atoms. The van der Waals surface area contributed by atoms with Crippen molar-refractivity contribution >= 4 is 26.8 Å². The lowest BCUT2D eigenvalue weighted by Gasteiger charge is -2.04. The van der Waals surface area contributed by atoms with E-state index in [2.05, 4.69) is 58.2 Å². The smallest absolute Gasteiger partial charge is 0.0716 e. The highest BCUT2D eigenvalue weighted by Crippen LogP contribution is 2.23. The zero-order chi connectivity index (χ0) is 13.2. The van der Waals surface area contributed by atoms with Crippen LogP contribution in [0.2, 0.25) is 0 Å². The molecular formula is C17H13BrN. The van der Waals surface area contributed by atoms with Gasteiger partial charge in [-0.3, -0.25) is 0 Å². The number of benzene rings is 2. The van der Waals surface area contributed by atoms with Crippen LogP contribution >= 0.6 is 15.9 Å². The molecule has 0 aliphatic heterocycles. The summed E-state index contributed by atoms with van der Waals surface area (Å²) >= 11 is 3.46. The van der Waals surface area contributed by atoms with Crippen LogP contribution in [-0.2, 0) is 6.42 Å². The summed E-state index contributed by atoms with van der Waals surface area (Å²) in [6.45, 7) is 2.16. The van der Waals surface area contributed by atoms with E-state index in [0.29, 0.717) is 0 Å². The van der Waals surface area contributed by atoms with E-state index >= 15 is 0 Å². The Bertz CT molecular complexity index is 717. The minimum Gasteiger partial charge on any atom is -0.248 e. The van der Waals surface area contributed by atoms with Crippen LogP contribution < -0.4 is 0 Å². The number of hydrogen-bond acceptors (Lipinski definition) is 1. The molecule has 3 aromatic rings. The van der Waals surface area contributed by atoms with Gasteiger partial charge in [-0.1, -0.05) is 47.1 Å². The minimum absolute atomic E-state index is 0.970. The molecule has 0 spiro atoms. The van der Waals surface area contributed by atoms with Gasteiger partial charge >= 0.3 is 0 Å². The summed E-state index contributed by atoms with van der Waals surface area (Å²) in [6.07, 6.45) is 1.06. The van der Waals surface area contributed by atoms with Gasteiger partial charge in [-0.25, -0.2) is 4.98 Å². The normalized spacial score (nSPS) is 10.8. The van der Waals surface area contributed by atoms with Crippen molar-refractivity contribution in [1.82, 2.24) is 4.98 Å². The fourth-order valence-electron chi connectivity index (χ4n) is 2.09. The first kappa shape index (κ1) is 12.4. The quantitative estimate of drug-likeness (QED) is 0.647. The van der Waals surface area contributed by atoms with Crippen molar-refractivity contribution in [1.29, 1.82) is 0 Å². The average molecular weight is 311 g/mol. The summed E-state index contributed by atoms with van der Waals surface area (Å²) in [4.78, 5) is 4.69. The number of hydrogen-bond donors (Lipinski definition) is 0. The lowest BCUT2D eigenvalue weighted by atomic mass is 10.1. The molecule has 1 nitrogen and oxygen atoms in total. The minimum atomic E-state index is 0.970. The van der Waals surface area contributed by atoms with Gasteiger partial charge in [0.1, 0.15) is 0 Å². The van der Waals surface area contributed by atoms with Crippen molar-refractivity contribution in [2.24, 2.45) is 0 Å². The fourth-order valence-corrected chi connectivity index (χ4v) is 2.45. The highest BCUT2D eigenvalue weighted by molar-refractivity contribution is 9.10. The molecular weight excluding hydrogens is 298 g/mol. The summed E-state index contributed by atoms with van der Waals surface area (Å²) < 4.78 is 1.05. The topological polar surface area (TPSA) is 12.9 Å². The lowest BCUT2D eigenvalue weighted by Crippen LogP contribution is -1.86. The summed E-state index contributed by atoms with van der Waals surface area (Å²) in [5.41, 5.74) is 4.42. The van der Waals surface area contributed by atoms with Crippen molar-refractivity contribution in [3.63, 3.8) is 0 Å². The Morgan fingerprint density at radius 3 is 2.63 bits per heavy atom. The van der Waals surface area contributed by atoms with E-state index in [-0.39, 0.29) is 0 Å². The van der Waals surface area contributed by atoms with Crippen molar-refractivity contribution in [2.75, 3.05) is 0 Å². The summed E-state index contributed by atoms with van der Waals surface area (Å²) in [6, 6.07) is 19.9. The monoisotopic (exact) mass is 310 g/mol. The molecule has 0 saturated carbocycles. The molecule has 0 saturated heterocycles. The number of rotatable bonds is 2. The van der Waals surface area contributed by atoms with Crippen molar-refractivity contribution in [3.8, 4) is 11.3 Å². The van der Waals surface area contributed by atoms with E-state index in [1.807, 2.05) is 24.3 Å². The maximum atomic E-state index is 4.69. The van der Waals surface area contributed by atoms with Crippen LogP contribution in [0.15, 0.2) is 53.0 Å². The molecule has 1 heterocycles. The largest absolute Gasteiger partial charge is 0.248 e. The highest BCUT2D eigenvalue weighted by Gasteiger charge is 2.02. The molecule has 2 heteroatoms. The van der Waals surface area contributed by atoms with Gasteiger partial charge in [-0.2, -0.15) is 0 Å². The Hall–Kier alpha value is -1.67. The maximum absolute atomic E-state index is 4.69. The van der Waals surface area contributed by atoms with E-state index in [1.54, 1.807) is 0 Å². The molecule has 0 bridgehead atoms. The van der Waals surface area contributed by atoms with Gasteiger partial charge in [0, 0.05) is 15.4 Å². The van der Waals surface area contributed by atoms with Crippen LogP contribution in [0.1, 0.15) is 12.5 Å². The van der Waals surface area contributed by atoms with E-state index in [1.165, 1.54) is 5.56 Å². The Kier molecular flexibility index (Phi) is 3.34. The zero-order valence-electron chi connectivity index (χ0n) is 10.7. The van der Waals surface area contributed by atoms with Crippen LogP contribution in [0.4, 0.5) is 0 Å². The number of nitrogens with zero attached hydrogens (tertiary/aromatic N) is 1. The van der Waals surface area contributed by atoms with Crippen molar-refractivity contribution in [3.05, 3.63) is 64.6 Å². The van der Waals surface area contributed by atoms with Gasteiger partial charge in [-0.15, -0.1) is 0 Å². The molecule has 0 unspecified atom stereocenters. The lowest BCUT2D eigenvalue weighted by molar-refractivity contribution is 1.14. The number of fused-ring (bicyclic) bond motifs is 1. The molecule has 1 aromatic heterocycles. The molecule has 1 radical (unpaired) electrons. The van der Waals surface area contributed by atoms with Gasteiger partial charge in [-0.05, 0) is 42.3 Å². The highest BCUT2D eigenvalue weighted by atomic mass is 79.9. The second-order valence-corrected chi connectivity index (χ2v) is 5.41. The molecule has 93 valence electrons. The predicted octanol–water partition coefficient (Wildman–Crippen LogP) is 5.03. The second-order valence-electron chi connectivity index (χ2n) is 4.50. The maximum Gasteiger partial charge on any atom is 0.0716 e. The SMILES string of the molecule is CCc1ccc(-c2c[c]c3cc(Br)ccc3n2)cc1. The number of aromatic nitrogens is 1. The number of halogens is 1. The van der Waals surface area contributed by atoms with Gasteiger partial charge in [0.2, 0.25) is 0 Å². The van der Waals surface area contributed by atoms with E-state index in [4.69, 9.17) is 0 Å². The Morgan fingerprint density at radius 1 is 1.11 bits per heavy atom. The average Bonchev–Trinajstić information content (AvgIpc) is 2.47. The molecule has 0 N–H and O–H groups in total. The number of pyridine rings is 1. The molecule has 0 atom stereocenters. The first-order chi connectivity index (χ1) is 9.26. The van der Waals surface area contributed by atoms with E-state index < -0.39 is 0 Å². The Morgan fingerprint density at radius 2 is 1.89 bits per heavy atom. The molecule has 0 aliphatic carbocycles. The van der Waals surface area contributed by atoms with Crippen LogP contribution in [-0.4, -0.2) is 4.98 Å². The molecule has 0 fully saturated rings. The van der Waals surface area contributed by atoms with Gasteiger partial charge in [0.15, 0.2) is 0 Å². The molecule has 0 amide bonds. The fraction of sp³-hybridized carbons (Fsp3) is 0.118. The van der Waals surface area contributed by atoms with Crippen LogP contribution in [0.5, 0.6) is 0 Å². The standard InChI is InChI=1S/C17H13BrN/c1-2-12-3-5-13(6-4-12)16-9-7-14-11-15(18)8-10-17(14)19-16/h3-6,8-11H,2H2,1H3. The first-order valence-electron chi connectivity index (χ1n) is 6.33. The Labute approximate surface area is 121 Å². The third-order valence-corrected chi connectivity index (χ3v) is 3.72. The van der Waals surface area contributed by atoms with Crippen molar-refractivity contribution in [2.45, 2.75) is 13.3 Å². The predicted molar refractivity (Wildman–Crippen MR) is 83.1 cm³/mol. The van der Waals surface area contributed by atoms with Crippen LogP contribution in [0, 0.1) is 6.07 Å². The number of aryl methyl sites for hydroxylation is 1. The third kappa shape index (κ3) is 2.54. The third-order valence-electron chi connectivity index (χ3n) is 3.22. The van der Waals surface area contributed by atoms with Crippen LogP contribution in [0.3, 0.4) is 0 Å². The van der Waals surface area contributed by atoms with E-state index in [9.17, 15) is 0 Å². The second kappa shape index (κ2) is 5.14. The first-order valence-corrected chi connectivity index (χ1v) is 7.13. The summed E-state index contributed by atoms with van der Waals surface area (Å²) in [5.74, 6) is 0.